The summed E-state index contributed by atoms with van der Waals surface area (Å²) >= 11 is 0. The lowest BCUT2D eigenvalue weighted by Gasteiger charge is -2.25. The molecule has 3 amide bonds. The maximum absolute atomic E-state index is 14.1. The Labute approximate surface area is 270 Å². The molecule has 15 heteroatoms. The van der Waals surface area contributed by atoms with Crippen molar-refractivity contribution < 1.29 is 46.6 Å². The first-order valence-electron chi connectivity index (χ1n) is 14.0. The number of rotatable bonds is 7. The predicted molar refractivity (Wildman–Crippen MR) is 165 cm³/mol. The lowest BCUT2D eigenvalue weighted by molar-refractivity contribution is -0.207. The molecule has 248 valence electrons. The van der Waals surface area contributed by atoms with Gasteiger partial charge in [-0.1, -0.05) is 51.1 Å². The minimum atomic E-state index is -2.41. The second-order valence-electron chi connectivity index (χ2n) is 11.3. The monoisotopic (exact) mass is 667 g/mol. The molecule has 0 heterocycles. The third kappa shape index (κ3) is 7.86. The highest BCUT2D eigenvalue weighted by Crippen LogP contribution is 2.30. The molecule has 4 aromatic rings. The summed E-state index contributed by atoms with van der Waals surface area (Å²) in [6.45, 7) is 6.08. The number of carbonyl (C=O) groups excluding carboxylic acids is 3. The molecule has 48 heavy (non-hydrogen) atoms. The standard InChI is InChI=1S/C33H27F5N6O4/c1-33(2,3)20-11-13-22(14-12-20)44(16-17-7-9-18(10-8-17)29(45)42-31(39)43-40)32(47)41-21-6-4-5-19(15-21)30(46)48-28-26(37)24(35)23(34)25(36)27(28)38/h4-15,40H,16H2,1-3H3,(H,41,47)(H2,39,42,45)/p+1. The number of guanidine groups is 1. The summed E-state index contributed by atoms with van der Waals surface area (Å²) in [6, 6.07) is 17.6. The van der Waals surface area contributed by atoms with Crippen molar-refractivity contribution in [2.45, 2.75) is 32.7 Å². The number of carbonyl (C=O) groups is 3. The Bertz CT molecular complexity index is 1900. The maximum atomic E-state index is 14.1. The summed E-state index contributed by atoms with van der Waals surface area (Å²) in [5.41, 5.74) is 12.1. The highest BCUT2D eigenvalue weighted by molar-refractivity contribution is 6.03. The Kier molecular flexibility index (Phi) is 10.3. The average Bonchev–Trinajstić information content (AvgIpc) is 3.07. The van der Waals surface area contributed by atoms with E-state index in [0.29, 0.717) is 11.3 Å². The first-order chi connectivity index (χ1) is 22.6. The van der Waals surface area contributed by atoms with Crippen molar-refractivity contribution in [2.75, 3.05) is 10.2 Å². The number of halogens is 5. The summed E-state index contributed by atoms with van der Waals surface area (Å²) in [5.74, 6) is -15.9. The molecule has 0 aromatic heterocycles. The first kappa shape index (κ1) is 34.9. The second kappa shape index (κ2) is 14.2. The van der Waals surface area contributed by atoms with Gasteiger partial charge in [0.25, 0.3) is 11.9 Å². The van der Waals surface area contributed by atoms with E-state index in [1.54, 1.807) is 24.3 Å². The van der Waals surface area contributed by atoms with E-state index in [1.807, 2.05) is 32.9 Å². The zero-order valence-electron chi connectivity index (χ0n) is 25.7. The molecule has 0 fully saturated rings. The summed E-state index contributed by atoms with van der Waals surface area (Å²) < 4.78 is 73.3. The molecule has 0 aliphatic carbocycles. The van der Waals surface area contributed by atoms with Crippen LogP contribution in [0.5, 0.6) is 5.75 Å². The van der Waals surface area contributed by atoms with Gasteiger partial charge in [0.2, 0.25) is 34.8 Å². The molecule has 0 aliphatic heterocycles. The van der Waals surface area contributed by atoms with Gasteiger partial charge >= 0.3 is 12.0 Å². The molecule has 0 radical (unpaired) electrons. The fraction of sp³-hybridized carbons (Fsp3) is 0.152. The Balaban J connectivity index is 1.60. The van der Waals surface area contributed by atoms with Gasteiger partial charge in [0.15, 0.2) is 0 Å². The molecule has 5 N–H and O–H groups in total. The van der Waals surface area contributed by atoms with Crippen LogP contribution in [0.15, 0.2) is 82.9 Å². The minimum absolute atomic E-state index is 0.000684. The number of aliphatic imine (C=N–C) groups is 1. The van der Waals surface area contributed by atoms with Crippen LogP contribution in [0.4, 0.5) is 38.1 Å². The maximum Gasteiger partial charge on any atom is 0.343 e. The van der Waals surface area contributed by atoms with Crippen LogP contribution in [0.3, 0.4) is 0 Å². The van der Waals surface area contributed by atoms with Crippen LogP contribution in [-0.2, 0) is 12.0 Å². The van der Waals surface area contributed by atoms with Crippen molar-refractivity contribution in [3.63, 3.8) is 0 Å². The van der Waals surface area contributed by atoms with Gasteiger partial charge < -0.3 is 15.8 Å². The SMILES string of the molecule is CC(C)(C)c1ccc(N(Cc2ccc(C(=O)N=C(N)N=[NH2+])cc2)C(=O)Nc2cccc(C(=O)Oc3c(F)c(F)c(F)c(F)c3F)c2)cc1. The van der Waals surface area contributed by atoms with Crippen molar-refractivity contribution >= 4 is 35.2 Å². The molecule has 0 bridgehead atoms. The number of amides is 3. The molecule has 0 saturated heterocycles. The smallest absolute Gasteiger partial charge is 0.343 e. The molecular formula is C33H28F5N6O4+. The number of nitrogens with zero attached hydrogens (tertiary/aromatic N) is 3. The number of nitrogens with two attached hydrogens (primary N) is 2. The van der Waals surface area contributed by atoms with Gasteiger partial charge in [0, 0.05) is 22.1 Å². The van der Waals surface area contributed by atoms with E-state index in [9.17, 15) is 36.3 Å². The number of hydrogen-bond donors (Lipinski definition) is 3. The van der Waals surface area contributed by atoms with E-state index in [-0.39, 0.29) is 28.8 Å². The molecule has 0 atom stereocenters. The van der Waals surface area contributed by atoms with Crippen molar-refractivity contribution in [2.24, 2.45) is 15.8 Å². The lowest BCUT2D eigenvalue weighted by Crippen LogP contribution is -2.34. The second-order valence-corrected chi connectivity index (χ2v) is 11.3. The summed E-state index contributed by atoms with van der Waals surface area (Å²) in [4.78, 5) is 43.5. The molecule has 0 spiro atoms. The summed E-state index contributed by atoms with van der Waals surface area (Å²) in [5, 5.41) is 5.75. The molecular weight excluding hydrogens is 639 g/mol. The van der Waals surface area contributed by atoms with Gasteiger partial charge in [-0.25, -0.2) is 22.8 Å². The Morgan fingerprint density at radius 1 is 0.833 bits per heavy atom. The van der Waals surface area contributed by atoms with Crippen molar-refractivity contribution in [1.82, 2.24) is 0 Å². The molecule has 4 aromatic carbocycles. The van der Waals surface area contributed by atoms with Crippen molar-refractivity contribution in [3.8, 4) is 5.75 Å². The molecule has 0 aliphatic rings. The molecule has 10 nitrogen and oxygen atoms in total. The van der Waals surface area contributed by atoms with E-state index in [4.69, 9.17) is 11.3 Å². The summed E-state index contributed by atoms with van der Waals surface area (Å²) in [7, 11) is 0. The van der Waals surface area contributed by atoms with Crippen LogP contribution in [0.2, 0.25) is 0 Å². The van der Waals surface area contributed by atoms with Crippen molar-refractivity contribution in [1.29, 1.82) is 0 Å². The van der Waals surface area contributed by atoms with E-state index >= 15 is 0 Å². The highest BCUT2D eigenvalue weighted by Gasteiger charge is 2.29. The number of ether oxygens (including phenoxy) is 1. The predicted octanol–water partition coefficient (Wildman–Crippen LogP) is 5.80. The number of benzene rings is 4. The zero-order valence-corrected chi connectivity index (χ0v) is 25.7. The van der Waals surface area contributed by atoms with Gasteiger partial charge in [-0.3, -0.25) is 9.69 Å². The fourth-order valence-corrected chi connectivity index (χ4v) is 4.30. The Morgan fingerprint density at radius 2 is 1.42 bits per heavy atom. The van der Waals surface area contributed by atoms with E-state index in [1.165, 1.54) is 29.2 Å². The van der Waals surface area contributed by atoms with Crippen molar-refractivity contribution in [3.05, 3.63) is 124 Å². The summed E-state index contributed by atoms with van der Waals surface area (Å²) in [6.07, 6.45) is 0. The largest absolute Gasteiger partial charge is 0.416 e. The van der Waals surface area contributed by atoms with Crippen LogP contribution >= 0.6 is 0 Å². The third-order valence-corrected chi connectivity index (χ3v) is 6.89. The number of urea groups is 1. The third-order valence-electron chi connectivity index (χ3n) is 6.89. The van der Waals surface area contributed by atoms with Crippen LogP contribution in [-0.4, -0.2) is 23.9 Å². The first-order valence-corrected chi connectivity index (χ1v) is 14.0. The van der Waals surface area contributed by atoms with Gasteiger partial charge in [-0.2, -0.15) is 13.8 Å². The molecule has 4 rings (SSSR count). The van der Waals surface area contributed by atoms with Crippen LogP contribution in [0.25, 0.3) is 0 Å². The lowest BCUT2D eigenvalue weighted by atomic mass is 9.87. The van der Waals surface area contributed by atoms with E-state index in [2.05, 4.69) is 20.2 Å². The van der Waals surface area contributed by atoms with Gasteiger partial charge in [0.1, 0.15) is 0 Å². The minimum Gasteiger partial charge on any atom is -0.416 e. The number of nitrogens with one attached hydrogen (secondary N) is 1. The topological polar surface area (TPSA) is 152 Å². The number of anilines is 2. The zero-order chi connectivity index (χ0) is 35.3. The quantitative estimate of drug-likeness (QED) is 0.0332. The average molecular weight is 668 g/mol. The normalized spacial score (nSPS) is 11.5. The van der Waals surface area contributed by atoms with E-state index < -0.39 is 58.7 Å². The fourth-order valence-electron chi connectivity index (χ4n) is 4.30. The van der Waals surface area contributed by atoms with Crippen LogP contribution < -0.4 is 26.2 Å². The van der Waals surface area contributed by atoms with Crippen LogP contribution in [0.1, 0.15) is 52.6 Å². The Morgan fingerprint density at radius 3 is 1.98 bits per heavy atom. The van der Waals surface area contributed by atoms with Gasteiger partial charge in [0.05, 0.1) is 12.1 Å². The van der Waals surface area contributed by atoms with Crippen LogP contribution in [0, 0.1) is 29.1 Å². The van der Waals surface area contributed by atoms with Gasteiger partial charge in [-0.15, -0.1) is 5.53 Å². The highest BCUT2D eigenvalue weighted by atomic mass is 19.2. The number of hydrogen-bond acceptors (Lipinski definition) is 4. The molecule has 0 saturated carbocycles. The Hall–Kier alpha value is -5.99. The number of esters is 1. The van der Waals surface area contributed by atoms with E-state index in [0.717, 1.165) is 17.7 Å². The van der Waals surface area contributed by atoms with Gasteiger partial charge in [-0.05, 0) is 59.0 Å². The molecule has 0 unspecified atom stereocenters.